The first-order chi connectivity index (χ1) is 12.0. The van der Waals surface area contributed by atoms with Crippen molar-refractivity contribution in [2.75, 3.05) is 26.2 Å². The summed E-state index contributed by atoms with van der Waals surface area (Å²) in [7, 11) is 1.93. The SMILES string of the molecule is Cc1nnc(S[C@H](C)C(=O)N2CCN(Cc3ccccc3)CC2)n1C. The molecule has 1 aliphatic rings. The summed E-state index contributed by atoms with van der Waals surface area (Å²) in [4.78, 5) is 17.1. The molecule has 1 amide bonds. The van der Waals surface area contributed by atoms with E-state index in [0.29, 0.717) is 0 Å². The van der Waals surface area contributed by atoms with Crippen molar-refractivity contribution in [2.45, 2.75) is 30.8 Å². The van der Waals surface area contributed by atoms with Crippen molar-refractivity contribution in [3.8, 4) is 0 Å². The summed E-state index contributed by atoms with van der Waals surface area (Å²) in [6.45, 7) is 8.22. The van der Waals surface area contributed by atoms with Crippen LogP contribution in [0.5, 0.6) is 0 Å². The number of thioether (sulfide) groups is 1. The van der Waals surface area contributed by atoms with Gasteiger partial charge in [-0.15, -0.1) is 10.2 Å². The lowest BCUT2D eigenvalue weighted by atomic mass is 10.2. The quantitative estimate of drug-likeness (QED) is 0.764. The van der Waals surface area contributed by atoms with Crippen LogP contribution in [-0.4, -0.2) is 61.9 Å². The average Bonchev–Trinajstić information content (AvgIpc) is 2.94. The van der Waals surface area contributed by atoms with Gasteiger partial charge in [-0.25, -0.2) is 0 Å². The van der Waals surface area contributed by atoms with E-state index in [-0.39, 0.29) is 11.2 Å². The topological polar surface area (TPSA) is 54.3 Å². The van der Waals surface area contributed by atoms with Crippen molar-refractivity contribution in [3.63, 3.8) is 0 Å². The zero-order valence-corrected chi connectivity index (χ0v) is 15.9. The Labute approximate surface area is 153 Å². The molecule has 2 heterocycles. The van der Waals surface area contributed by atoms with Crippen molar-refractivity contribution >= 4 is 17.7 Å². The fourth-order valence-electron chi connectivity index (χ4n) is 2.92. The summed E-state index contributed by atoms with van der Waals surface area (Å²) < 4.78 is 1.92. The average molecular weight is 359 g/mol. The second kappa shape index (κ2) is 8.01. The molecule has 0 saturated carbocycles. The van der Waals surface area contributed by atoms with Gasteiger partial charge in [0.15, 0.2) is 5.16 Å². The summed E-state index contributed by atoms with van der Waals surface area (Å²) in [5.74, 6) is 1.04. The first kappa shape index (κ1) is 17.9. The third-order valence-electron chi connectivity index (χ3n) is 4.62. The molecule has 1 aliphatic heterocycles. The van der Waals surface area contributed by atoms with Crippen molar-refractivity contribution in [3.05, 3.63) is 41.7 Å². The zero-order chi connectivity index (χ0) is 17.8. The fourth-order valence-corrected chi connectivity index (χ4v) is 3.87. The number of nitrogens with zero attached hydrogens (tertiary/aromatic N) is 5. The highest BCUT2D eigenvalue weighted by Crippen LogP contribution is 2.23. The lowest BCUT2D eigenvalue weighted by Gasteiger charge is -2.35. The van der Waals surface area contributed by atoms with Gasteiger partial charge in [-0.3, -0.25) is 9.69 Å². The van der Waals surface area contributed by atoms with E-state index in [1.807, 2.05) is 36.4 Å². The van der Waals surface area contributed by atoms with E-state index >= 15 is 0 Å². The van der Waals surface area contributed by atoms with Crippen LogP contribution in [0.3, 0.4) is 0 Å². The van der Waals surface area contributed by atoms with Crippen LogP contribution in [0.2, 0.25) is 0 Å². The predicted octanol–water partition coefficient (Wildman–Crippen LogP) is 1.95. The Morgan fingerprint density at radius 1 is 1.16 bits per heavy atom. The Morgan fingerprint density at radius 3 is 2.44 bits per heavy atom. The molecule has 0 N–H and O–H groups in total. The van der Waals surface area contributed by atoms with E-state index in [4.69, 9.17) is 0 Å². The summed E-state index contributed by atoms with van der Waals surface area (Å²) >= 11 is 1.48. The van der Waals surface area contributed by atoms with Gasteiger partial charge in [0.05, 0.1) is 5.25 Å². The first-order valence-corrected chi connectivity index (χ1v) is 9.50. The van der Waals surface area contributed by atoms with Crippen molar-refractivity contribution in [1.29, 1.82) is 0 Å². The molecule has 0 unspecified atom stereocenters. The molecule has 1 saturated heterocycles. The molecule has 1 aromatic carbocycles. The van der Waals surface area contributed by atoms with Crippen LogP contribution >= 0.6 is 11.8 Å². The van der Waals surface area contributed by atoms with E-state index in [1.54, 1.807) is 0 Å². The lowest BCUT2D eigenvalue weighted by Crippen LogP contribution is -2.50. The van der Waals surface area contributed by atoms with Crippen LogP contribution in [0.4, 0.5) is 0 Å². The number of piperazine rings is 1. The van der Waals surface area contributed by atoms with Crippen molar-refractivity contribution in [1.82, 2.24) is 24.6 Å². The highest BCUT2D eigenvalue weighted by molar-refractivity contribution is 8.00. The number of benzene rings is 1. The van der Waals surface area contributed by atoms with Gasteiger partial charge in [0.2, 0.25) is 5.91 Å². The molecule has 25 heavy (non-hydrogen) atoms. The molecule has 1 fully saturated rings. The number of hydrogen-bond acceptors (Lipinski definition) is 5. The Hall–Kier alpha value is -1.86. The van der Waals surface area contributed by atoms with Gasteiger partial charge < -0.3 is 9.47 Å². The normalized spacial score (nSPS) is 16.8. The van der Waals surface area contributed by atoms with Crippen LogP contribution in [0, 0.1) is 6.92 Å². The van der Waals surface area contributed by atoms with Crippen LogP contribution < -0.4 is 0 Å². The largest absolute Gasteiger partial charge is 0.339 e. The minimum absolute atomic E-state index is 0.150. The van der Waals surface area contributed by atoms with Crippen molar-refractivity contribution in [2.24, 2.45) is 7.05 Å². The molecule has 1 atom stereocenters. The van der Waals surface area contributed by atoms with Gasteiger partial charge in [0, 0.05) is 39.8 Å². The maximum Gasteiger partial charge on any atom is 0.235 e. The monoisotopic (exact) mass is 359 g/mol. The standard InChI is InChI=1S/C18H25N5OS/c1-14(25-18-20-19-15(2)21(18)3)17(24)23-11-9-22(10-12-23)13-16-7-5-4-6-8-16/h4-8,14H,9-13H2,1-3H3/t14-/m1/s1. The van der Waals surface area contributed by atoms with Gasteiger partial charge in [0.1, 0.15) is 5.82 Å². The Kier molecular flexibility index (Phi) is 5.75. The first-order valence-electron chi connectivity index (χ1n) is 8.62. The molecule has 0 radical (unpaired) electrons. The summed E-state index contributed by atoms with van der Waals surface area (Å²) in [6, 6.07) is 10.5. The third kappa shape index (κ3) is 4.41. The van der Waals surface area contributed by atoms with E-state index in [9.17, 15) is 4.79 Å². The zero-order valence-electron chi connectivity index (χ0n) is 15.1. The van der Waals surface area contributed by atoms with Gasteiger partial charge in [0.25, 0.3) is 0 Å². The van der Waals surface area contributed by atoms with E-state index in [0.717, 1.165) is 43.7 Å². The minimum atomic E-state index is -0.150. The highest BCUT2D eigenvalue weighted by atomic mass is 32.2. The number of carbonyl (C=O) groups is 1. The smallest absolute Gasteiger partial charge is 0.235 e. The molecule has 0 aliphatic carbocycles. The molecule has 1 aromatic heterocycles. The summed E-state index contributed by atoms with van der Waals surface area (Å²) in [6.07, 6.45) is 0. The number of amides is 1. The number of aryl methyl sites for hydroxylation is 1. The fraction of sp³-hybridized carbons (Fsp3) is 0.500. The Bertz CT molecular complexity index is 710. The van der Waals surface area contributed by atoms with Crippen LogP contribution in [0.25, 0.3) is 0 Å². The molecule has 134 valence electrons. The van der Waals surface area contributed by atoms with Gasteiger partial charge >= 0.3 is 0 Å². The molecular formula is C18H25N5OS. The van der Waals surface area contributed by atoms with Crippen LogP contribution in [-0.2, 0) is 18.4 Å². The maximum absolute atomic E-state index is 12.7. The lowest BCUT2D eigenvalue weighted by molar-refractivity contribution is -0.132. The van der Waals surface area contributed by atoms with E-state index < -0.39 is 0 Å². The van der Waals surface area contributed by atoms with Gasteiger partial charge in [-0.05, 0) is 19.4 Å². The summed E-state index contributed by atoms with van der Waals surface area (Å²) in [5, 5.41) is 8.83. The van der Waals surface area contributed by atoms with E-state index in [1.165, 1.54) is 17.3 Å². The molecule has 2 aromatic rings. The van der Waals surface area contributed by atoms with Crippen LogP contribution in [0.15, 0.2) is 35.5 Å². The van der Waals surface area contributed by atoms with Crippen molar-refractivity contribution < 1.29 is 4.79 Å². The maximum atomic E-state index is 12.7. The minimum Gasteiger partial charge on any atom is -0.339 e. The molecule has 7 heteroatoms. The second-order valence-electron chi connectivity index (χ2n) is 6.44. The molecule has 0 bridgehead atoms. The molecular weight excluding hydrogens is 334 g/mol. The van der Waals surface area contributed by atoms with Gasteiger partial charge in [-0.1, -0.05) is 42.1 Å². The number of aromatic nitrogens is 3. The third-order valence-corrected chi connectivity index (χ3v) is 5.74. The van der Waals surface area contributed by atoms with Crippen LogP contribution in [0.1, 0.15) is 18.3 Å². The number of rotatable bonds is 5. The predicted molar refractivity (Wildman–Crippen MR) is 99.4 cm³/mol. The molecule has 6 nitrogen and oxygen atoms in total. The summed E-state index contributed by atoms with van der Waals surface area (Å²) in [5.41, 5.74) is 1.32. The Balaban J connectivity index is 1.50. The van der Waals surface area contributed by atoms with E-state index in [2.05, 4.69) is 39.4 Å². The number of carbonyl (C=O) groups excluding carboxylic acids is 1. The molecule has 0 spiro atoms. The highest BCUT2D eigenvalue weighted by Gasteiger charge is 2.26. The number of hydrogen-bond donors (Lipinski definition) is 0. The Morgan fingerprint density at radius 2 is 1.84 bits per heavy atom. The second-order valence-corrected chi connectivity index (χ2v) is 7.74. The van der Waals surface area contributed by atoms with Gasteiger partial charge in [-0.2, -0.15) is 0 Å². The molecule has 3 rings (SSSR count).